The number of rotatable bonds is 7. The Kier molecular flexibility index (Phi) is 6.42. The van der Waals surface area contributed by atoms with Crippen molar-refractivity contribution in [2.24, 2.45) is 0 Å². The zero-order chi connectivity index (χ0) is 22.5. The van der Waals surface area contributed by atoms with Crippen molar-refractivity contribution < 1.29 is 9.53 Å². The molecular formula is C24H22N4O3S. The maximum atomic E-state index is 13.1. The van der Waals surface area contributed by atoms with E-state index >= 15 is 0 Å². The Morgan fingerprint density at radius 1 is 1.16 bits per heavy atom. The Bertz CT molecular complexity index is 1300. The van der Waals surface area contributed by atoms with Gasteiger partial charge in [0.2, 0.25) is 5.91 Å². The van der Waals surface area contributed by atoms with E-state index in [1.165, 1.54) is 22.1 Å². The zero-order valence-electron chi connectivity index (χ0n) is 17.7. The molecule has 0 radical (unpaired) electrons. The molecule has 0 aliphatic heterocycles. The van der Waals surface area contributed by atoms with E-state index in [1.54, 1.807) is 14.0 Å². The van der Waals surface area contributed by atoms with Crippen LogP contribution in [0.5, 0.6) is 5.75 Å². The molecule has 0 saturated heterocycles. The molecule has 162 valence electrons. The fourth-order valence-corrected chi connectivity index (χ4v) is 4.06. The van der Waals surface area contributed by atoms with Gasteiger partial charge in [0, 0.05) is 23.7 Å². The van der Waals surface area contributed by atoms with Crippen molar-refractivity contribution in [2.45, 2.75) is 20.0 Å². The number of aryl methyl sites for hydroxylation is 1. The van der Waals surface area contributed by atoms with E-state index in [9.17, 15) is 9.59 Å². The van der Waals surface area contributed by atoms with Crippen LogP contribution in [-0.4, -0.2) is 27.6 Å². The van der Waals surface area contributed by atoms with Gasteiger partial charge in [-0.15, -0.1) is 11.3 Å². The number of amides is 1. The van der Waals surface area contributed by atoms with Crippen LogP contribution >= 0.6 is 11.3 Å². The van der Waals surface area contributed by atoms with Gasteiger partial charge in [-0.3, -0.25) is 14.2 Å². The number of nitrogens with one attached hydrogen (secondary N) is 1. The third-order valence-corrected chi connectivity index (χ3v) is 5.85. The Labute approximate surface area is 189 Å². The highest BCUT2D eigenvalue weighted by Crippen LogP contribution is 2.26. The van der Waals surface area contributed by atoms with Crippen LogP contribution in [0, 0.1) is 6.92 Å². The summed E-state index contributed by atoms with van der Waals surface area (Å²) in [6.45, 7) is 1.92. The Balaban J connectivity index is 1.51. The van der Waals surface area contributed by atoms with Crippen molar-refractivity contribution in [2.75, 3.05) is 7.11 Å². The molecule has 32 heavy (non-hydrogen) atoms. The third-order valence-electron chi connectivity index (χ3n) is 4.98. The lowest BCUT2D eigenvalue weighted by Gasteiger charge is -2.11. The predicted molar refractivity (Wildman–Crippen MR) is 125 cm³/mol. The largest absolute Gasteiger partial charge is 0.497 e. The van der Waals surface area contributed by atoms with E-state index in [0.717, 1.165) is 22.6 Å². The second kappa shape index (κ2) is 9.57. The van der Waals surface area contributed by atoms with Crippen LogP contribution in [0.4, 0.5) is 0 Å². The van der Waals surface area contributed by atoms with Gasteiger partial charge in [0.1, 0.15) is 23.1 Å². The molecule has 0 atom stereocenters. The summed E-state index contributed by atoms with van der Waals surface area (Å²) in [6.07, 6.45) is 1.52. The summed E-state index contributed by atoms with van der Waals surface area (Å²) in [5.41, 5.74) is 2.77. The van der Waals surface area contributed by atoms with Gasteiger partial charge in [-0.1, -0.05) is 42.5 Å². The van der Waals surface area contributed by atoms with Crippen LogP contribution in [-0.2, 0) is 17.9 Å². The van der Waals surface area contributed by atoms with Crippen LogP contribution in [0.2, 0.25) is 0 Å². The normalized spacial score (nSPS) is 10.7. The third kappa shape index (κ3) is 4.76. The minimum Gasteiger partial charge on any atom is -0.497 e. The number of benzene rings is 2. The highest BCUT2D eigenvalue weighted by Gasteiger charge is 2.16. The van der Waals surface area contributed by atoms with Crippen LogP contribution in [0.25, 0.3) is 21.8 Å². The molecule has 2 aromatic heterocycles. The molecule has 0 aliphatic carbocycles. The maximum Gasteiger partial charge on any atom is 0.264 e. The first kappa shape index (κ1) is 21.5. The molecule has 4 rings (SSSR count). The minimum absolute atomic E-state index is 0.119. The summed E-state index contributed by atoms with van der Waals surface area (Å²) in [4.78, 5) is 34.6. The highest BCUT2D eigenvalue weighted by molar-refractivity contribution is 7.13. The van der Waals surface area contributed by atoms with E-state index in [0.29, 0.717) is 22.9 Å². The number of thiazole rings is 1. The number of hydrogen-bond donors (Lipinski definition) is 1. The van der Waals surface area contributed by atoms with Gasteiger partial charge in [-0.2, -0.15) is 0 Å². The van der Waals surface area contributed by atoms with Crippen LogP contribution in [0.3, 0.4) is 0 Å². The summed E-state index contributed by atoms with van der Waals surface area (Å²) in [6, 6.07) is 17.2. The molecule has 1 amide bonds. The lowest BCUT2D eigenvalue weighted by Crippen LogP contribution is -2.34. The number of aromatic nitrogens is 3. The van der Waals surface area contributed by atoms with Gasteiger partial charge < -0.3 is 10.1 Å². The summed E-state index contributed by atoms with van der Waals surface area (Å²) >= 11 is 1.38. The molecule has 0 aliphatic rings. The lowest BCUT2D eigenvalue weighted by atomic mass is 10.2. The van der Waals surface area contributed by atoms with Crippen LogP contribution in [0.1, 0.15) is 11.4 Å². The van der Waals surface area contributed by atoms with E-state index in [2.05, 4.69) is 15.3 Å². The number of carbonyl (C=O) groups is 1. The standard InChI is InChI=1S/C24H22N4O3S/c1-16-25-13-20(23-27-21(15-32-23)18-8-4-3-5-9-18)24(30)28(16)14-22(29)26-12-17-7-6-10-19(11-17)31-2/h3-11,13,15H,12,14H2,1-2H3,(H,26,29). The monoisotopic (exact) mass is 446 g/mol. The molecule has 0 saturated carbocycles. The number of ether oxygens (including phenoxy) is 1. The SMILES string of the molecule is COc1cccc(CNC(=O)Cn2c(C)ncc(-c3nc(-c4ccccc4)cs3)c2=O)c1. The molecule has 7 nitrogen and oxygen atoms in total. The summed E-state index contributed by atoms with van der Waals surface area (Å²) in [5, 5.41) is 5.33. The lowest BCUT2D eigenvalue weighted by molar-refractivity contribution is -0.121. The molecule has 0 bridgehead atoms. The van der Waals surface area contributed by atoms with Gasteiger partial charge in [0.05, 0.1) is 18.4 Å². The van der Waals surface area contributed by atoms with Gasteiger partial charge in [-0.25, -0.2) is 9.97 Å². The number of methoxy groups -OCH3 is 1. The fourth-order valence-electron chi connectivity index (χ4n) is 3.23. The van der Waals surface area contributed by atoms with Gasteiger partial charge in [-0.05, 0) is 24.6 Å². The van der Waals surface area contributed by atoms with Gasteiger partial charge in [0.25, 0.3) is 5.56 Å². The molecule has 0 fully saturated rings. The molecule has 1 N–H and O–H groups in total. The van der Waals surface area contributed by atoms with E-state index in [-0.39, 0.29) is 18.0 Å². The van der Waals surface area contributed by atoms with Crippen LogP contribution < -0.4 is 15.6 Å². The smallest absolute Gasteiger partial charge is 0.264 e. The number of carbonyl (C=O) groups excluding carboxylic acids is 1. The first-order valence-corrected chi connectivity index (χ1v) is 10.9. The molecule has 2 aromatic carbocycles. The van der Waals surface area contributed by atoms with E-state index in [4.69, 9.17) is 4.74 Å². The predicted octanol–water partition coefficient (Wildman–Crippen LogP) is 3.67. The molecule has 2 heterocycles. The van der Waals surface area contributed by atoms with Crippen LogP contribution in [0.15, 0.2) is 71.0 Å². The number of nitrogens with zero attached hydrogens (tertiary/aromatic N) is 3. The summed E-state index contributed by atoms with van der Waals surface area (Å²) in [7, 11) is 1.60. The van der Waals surface area contributed by atoms with Gasteiger partial charge >= 0.3 is 0 Å². The highest BCUT2D eigenvalue weighted by atomic mass is 32.1. The summed E-state index contributed by atoms with van der Waals surface area (Å²) in [5.74, 6) is 0.912. The first-order chi connectivity index (χ1) is 15.5. The molecule has 0 unspecified atom stereocenters. The fraction of sp³-hybridized carbons (Fsp3) is 0.167. The topological polar surface area (TPSA) is 86.1 Å². The Morgan fingerprint density at radius 3 is 2.75 bits per heavy atom. The second-order valence-electron chi connectivity index (χ2n) is 7.14. The van der Waals surface area contributed by atoms with Crippen molar-refractivity contribution in [3.63, 3.8) is 0 Å². The maximum absolute atomic E-state index is 13.1. The van der Waals surface area contributed by atoms with E-state index < -0.39 is 0 Å². The molecular weight excluding hydrogens is 424 g/mol. The van der Waals surface area contributed by atoms with Crippen molar-refractivity contribution >= 4 is 17.2 Å². The van der Waals surface area contributed by atoms with Crippen molar-refractivity contribution in [1.82, 2.24) is 19.9 Å². The van der Waals surface area contributed by atoms with E-state index in [1.807, 2.05) is 60.0 Å². The van der Waals surface area contributed by atoms with Crippen molar-refractivity contribution in [3.8, 4) is 27.6 Å². The quantitative estimate of drug-likeness (QED) is 0.468. The zero-order valence-corrected chi connectivity index (χ0v) is 18.6. The molecule has 4 aromatic rings. The Morgan fingerprint density at radius 2 is 1.97 bits per heavy atom. The summed E-state index contributed by atoms with van der Waals surface area (Å²) < 4.78 is 6.58. The second-order valence-corrected chi connectivity index (χ2v) is 8.00. The average Bonchev–Trinajstić information content (AvgIpc) is 3.31. The first-order valence-electron chi connectivity index (χ1n) is 10.0. The number of hydrogen-bond acceptors (Lipinski definition) is 6. The average molecular weight is 447 g/mol. The Hall–Kier alpha value is -3.78. The molecule has 8 heteroatoms. The molecule has 0 spiro atoms. The van der Waals surface area contributed by atoms with Gasteiger partial charge in [0.15, 0.2) is 0 Å². The minimum atomic E-state index is -0.289. The van der Waals surface area contributed by atoms with Crippen molar-refractivity contribution in [3.05, 3.63) is 87.9 Å². The van der Waals surface area contributed by atoms with Crippen molar-refractivity contribution in [1.29, 1.82) is 0 Å².